The topological polar surface area (TPSA) is 65.0 Å². The minimum Gasteiger partial charge on any atom is -0.450 e. The molecule has 0 amide bonds. The number of benzene rings is 1. The lowest BCUT2D eigenvalue weighted by Crippen LogP contribution is -2.13. The molecule has 0 N–H and O–H groups in total. The Morgan fingerprint density at radius 1 is 1.24 bits per heavy atom. The molecular weight excluding hydrogens is 324 g/mol. The number of alkyl halides is 2. The summed E-state index contributed by atoms with van der Waals surface area (Å²) in [6.45, 7) is 3.62. The number of halogens is 2. The third-order valence-electron chi connectivity index (χ3n) is 2.07. The first-order valence-electron chi connectivity index (χ1n) is 6.05. The monoisotopic (exact) mass is 339 g/mol. The average molecular weight is 339 g/mol. The predicted molar refractivity (Wildman–Crippen MR) is 76.2 cm³/mol. The fraction of sp³-hybridized carbons (Fsp3) is 0.417. The van der Waals surface area contributed by atoms with Crippen molar-refractivity contribution in [1.82, 2.24) is 0 Å². The van der Waals surface area contributed by atoms with Gasteiger partial charge in [-0.3, -0.25) is 0 Å². The normalized spacial score (nSPS) is 11.3. The van der Waals surface area contributed by atoms with Gasteiger partial charge in [0.15, 0.2) is 0 Å². The SMILES string of the molecule is CCOC(=NS(=O)(=O)c1ccccc1SC(F)F)OCC. The first-order chi connectivity index (χ1) is 9.90. The van der Waals surface area contributed by atoms with Gasteiger partial charge in [0.05, 0.1) is 13.2 Å². The molecule has 1 rings (SSSR count). The Bertz CT molecular complexity index is 583. The highest BCUT2D eigenvalue weighted by Gasteiger charge is 2.22. The number of nitrogens with zero attached hydrogens (tertiary/aromatic N) is 1. The number of thioether (sulfide) groups is 1. The Morgan fingerprint density at radius 3 is 2.33 bits per heavy atom. The van der Waals surface area contributed by atoms with E-state index >= 15 is 0 Å². The van der Waals surface area contributed by atoms with E-state index in [4.69, 9.17) is 9.47 Å². The molecular formula is C12H15F2NO4S2. The van der Waals surface area contributed by atoms with Crippen molar-refractivity contribution < 1.29 is 26.7 Å². The first kappa shape index (κ1) is 17.7. The summed E-state index contributed by atoms with van der Waals surface area (Å²) >= 11 is 0.142. The van der Waals surface area contributed by atoms with Crippen molar-refractivity contribution in [2.24, 2.45) is 4.40 Å². The van der Waals surface area contributed by atoms with Crippen molar-refractivity contribution in [3.63, 3.8) is 0 Å². The summed E-state index contributed by atoms with van der Waals surface area (Å²) in [5.74, 6) is -2.73. The van der Waals surface area contributed by atoms with Crippen LogP contribution in [0.2, 0.25) is 0 Å². The molecule has 21 heavy (non-hydrogen) atoms. The molecule has 0 heterocycles. The van der Waals surface area contributed by atoms with Crippen LogP contribution in [0.3, 0.4) is 0 Å². The molecule has 9 heteroatoms. The zero-order valence-corrected chi connectivity index (χ0v) is 13.1. The third-order valence-corrected chi connectivity index (χ3v) is 4.29. The van der Waals surface area contributed by atoms with Gasteiger partial charge in [0.2, 0.25) is 0 Å². The van der Waals surface area contributed by atoms with Crippen LogP contribution in [0.5, 0.6) is 0 Å². The van der Waals surface area contributed by atoms with Gasteiger partial charge < -0.3 is 9.47 Å². The zero-order valence-electron chi connectivity index (χ0n) is 11.5. The summed E-state index contributed by atoms with van der Waals surface area (Å²) in [5, 5.41) is 0. The van der Waals surface area contributed by atoms with Crippen molar-refractivity contribution in [2.45, 2.75) is 29.4 Å². The summed E-state index contributed by atoms with van der Waals surface area (Å²) in [6, 6.07) is 5.40. The number of sulfonamides is 1. The van der Waals surface area contributed by atoms with Crippen molar-refractivity contribution in [2.75, 3.05) is 13.2 Å². The van der Waals surface area contributed by atoms with E-state index in [1.165, 1.54) is 24.3 Å². The van der Waals surface area contributed by atoms with Crippen LogP contribution in [0.1, 0.15) is 13.8 Å². The first-order valence-corrected chi connectivity index (χ1v) is 8.37. The highest BCUT2D eigenvalue weighted by Crippen LogP contribution is 2.31. The van der Waals surface area contributed by atoms with E-state index in [-0.39, 0.29) is 34.8 Å². The van der Waals surface area contributed by atoms with Crippen molar-refractivity contribution in [3.8, 4) is 0 Å². The lowest BCUT2D eigenvalue weighted by molar-refractivity contribution is 0.182. The Labute approximate surface area is 126 Å². The minimum absolute atomic E-state index is 0.0800. The van der Waals surface area contributed by atoms with E-state index in [9.17, 15) is 17.2 Å². The van der Waals surface area contributed by atoms with Gasteiger partial charge >= 0.3 is 6.08 Å². The summed E-state index contributed by atoms with van der Waals surface area (Å²) in [7, 11) is -4.20. The molecule has 1 aromatic rings. The molecule has 0 bridgehead atoms. The predicted octanol–water partition coefficient (Wildman–Crippen LogP) is 3.12. The summed E-state index contributed by atoms with van der Waals surface area (Å²) in [6.07, 6.45) is -0.406. The molecule has 0 saturated heterocycles. The smallest absolute Gasteiger partial charge is 0.399 e. The Balaban J connectivity index is 3.20. The molecule has 5 nitrogen and oxygen atoms in total. The van der Waals surface area contributed by atoms with Gasteiger partial charge in [-0.1, -0.05) is 28.3 Å². The quantitative estimate of drug-likeness (QED) is 0.453. The van der Waals surface area contributed by atoms with Crippen molar-refractivity contribution >= 4 is 27.9 Å². The van der Waals surface area contributed by atoms with Gasteiger partial charge in [0.25, 0.3) is 15.8 Å². The fourth-order valence-corrected chi connectivity index (χ4v) is 3.31. The van der Waals surface area contributed by atoms with Crippen LogP contribution in [-0.2, 0) is 19.5 Å². The second kappa shape index (κ2) is 8.18. The largest absolute Gasteiger partial charge is 0.450 e. The Kier molecular flexibility index (Phi) is 6.90. The molecule has 0 saturated carbocycles. The van der Waals surface area contributed by atoms with E-state index in [1.807, 2.05) is 0 Å². The van der Waals surface area contributed by atoms with Gasteiger partial charge in [-0.25, -0.2) is 0 Å². The maximum Gasteiger partial charge on any atom is 0.399 e. The maximum atomic E-state index is 12.5. The molecule has 0 unspecified atom stereocenters. The van der Waals surface area contributed by atoms with Crippen LogP contribution < -0.4 is 0 Å². The van der Waals surface area contributed by atoms with Crippen LogP contribution in [0.4, 0.5) is 8.78 Å². The molecule has 0 atom stereocenters. The second-order valence-electron chi connectivity index (χ2n) is 3.52. The molecule has 118 valence electrons. The Hall–Kier alpha value is -1.35. The van der Waals surface area contributed by atoms with E-state index in [2.05, 4.69) is 4.40 Å². The zero-order chi connectivity index (χ0) is 15.9. The van der Waals surface area contributed by atoms with Gasteiger partial charge in [0, 0.05) is 4.90 Å². The number of rotatable bonds is 6. The van der Waals surface area contributed by atoms with Crippen LogP contribution in [0.25, 0.3) is 0 Å². The van der Waals surface area contributed by atoms with Gasteiger partial charge in [-0.05, 0) is 26.0 Å². The number of hydrogen-bond acceptors (Lipinski definition) is 5. The number of ether oxygens (including phenoxy) is 2. The standard InChI is InChI=1S/C12H15F2NO4S2/c1-3-18-12(19-4-2)15-21(16,17)10-8-6-5-7-9(10)20-11(13)14/h5-8,11H,3-4H2,1-2H3. The second-order valence-corrected chi connectivity index (χ2v) is 6.13. The third kappa shape index (κ3) is 5.50. The highest BCUT2D eigenvalue weighted by molar-refractivity contribution is 8.00. The van der Waals surface area contributed by atoms with E-state index < -0.39 is 21.9 Å². The summed E-state index contributed by atoms with van der Waals surface area (Å²) in [4.78, 5) is -0.393. The molecule has 0 aliphatic heterocycles. The molecule has 0 fully saturated rings. The fourth-order valence-electron chi connectivity index (χ4n) is 1.35. The summed E-state index contributed by atoms with van der Waals surface area (Å²) in [5.41, 5.74) is 0. The van der Waals surface area contributed by atoms with Gasteiger partial charge in [0.1, 0.15) is 4.90 Å². The van der Waals surface area contributed by atoms with Crippen molar-refractivity contribution in [1.29, 1.82) is 0 Å². The van der Waals surface area contributed by atoms with Crippen LogP contribution in [0, 0.1) is 0 Å². The van der Waals surface area contributed by atoms with E-state index in [0.29, 0.717) is 0 Å². The molecule has 0 aromatic heterocycles. The lowest BCUT2D eigenvalue weighted by Gasteiger charge is -2.09. The highest BCUT2D eigenvalue weighted by atomic mass is 32.2. The summed E-state index contributed by atoms with van der Waals surface area (Å²) < 4.78 is 62.6. The maximum absolute atomic E-state index is 12.5. The molecule has 0 aliphatic carbocycles. The molecule has 1 aromatic carbocycles. The van der Waals surface area contributed by atoms with Crippen LogP contribution >= 0.6 is 11.8 Å². The van der Waals surface area contributed by atoms with Crippen LogP contribution in [-0.4, -0.2) is 33.5 Å². The minimum atomic E-state index is -4.20. The lowest BCUT2D eigenvalue weighted by atomic mass is 10.4. The molecule has 0 radical (unpaired) electrons. The van der Waals surface area contributed by atoms with Gasteiger partial charge in [-0.2, -0.15) is 17.2 Å². The van der Waals surface area contributed by atoms with Crippen LogP contribution in [0.15, 0.2) is 38.5 Å². The Morgan fingerprint density at radius 2 is 1.81 bits per heavy atom. The van der Waals surface area contributed by atoms with E-state index in [1.54, 1.807) is 13.8 Å². The van der Waals surface area contributed by atoms with Gasteiger partial charge in [-0.15, -0.1) is 0 Å². The van der Waals surface area contributed by atoms with Crippen molar-refractivity contribution in [3.05, 3.63) is 24.3 Å². The number of hydrogen-bond donors (Lipinski definition) is 0. The van der Waals surface area contributed by atoms with E-state index in [0.717, 1.165) is 0 Å². The average Bonchev–Trinajstić information content (AvgIpc) is 2.38. The molecule has 0 spiro atoms. The molecule has 0 aliphatic rings.